The van der Waals surface area contributed by atoms with E-state index in [1.807, 2.05) is 45.0 Å². The van der Waals surface area contributed by atoms with E-state index < -0.39 is 7.94 Å². The monoisotopic (exact) mass is 273 g/mol. The second-order valence-electron chi connectivity index (χ2n) is 3.71. The average Bonchev–Trinajstić information content (AvgIpc) is 2.32. The van der Waals surface area contributed by atoms with Gasteiger partial charge < -0.3 is 4.74 Å². The van der Waals surface area contributed by atoms with Crippen LogP contribution in [0.15, 0.2) is 24.3 Å². The number of hydrogen-bond donors (Lipinski definition) is 1. The second kappa shape index (κ2) is 7.70. The molecule has 5 heteroatoms. The number of rotatable bonds is 8. The summed E-state index contributed by atoms with van der Waals surface area (Å²) >= 11 is 0. The molecule has 0 aliphatic rings. The molecule has 0 unspecified atom stereocenters. The largest absolute Gasteiger partial charge is 0.494 e. The summed E-state index contributed by atoms with van der Waals surface area (Å²) in [6.07, 6.45) is 0.404. The maximum Gasteiger partial charge on any atom is 0.413 e. The topological polar surface area (TPSA) is 47.9 Å². The van der Waals surface area contributed by atoms with Gasteiger partial charge in [0.1, 0.15) is 5.75 Å². The van der Waals surface area contributed by atoms with Crippen molar-refractivity contribution in [3.8, 4) is 5.75 Å². The Kier molecular flexibility index (Phi) is 6.58. The van der Waals surface area contributed by atoms with Gasteiger partial charge >= 0.3 is 7.94 Å². The third-order valence-electron chi connectivity index (χ3n) is 2.28. The van der Waals surface area contributed by atoms with Crippen LogP contribution >= 0.6 is 7.94 Å². The van der Waals surface area contributed by atoms with E-state index >= 15 is 0 Å². The number of ether oxygens (including phenoxy) is 1. The predicted molar refractivity (Wildman–Crippen MR) is 73.7 cm³/mol. The maximum atomic E-state index is 10.3. The summed E-state index contributed by atoms with van der Waals surface area (Å²) in [5.74, 6) is 0.830. The van der Waals surface area contributed by atoms with Crippen LogP contribution in [0, 0.1) is 0 Å². The van der Waals surface area contributed by atoms with Gasteiger partial charge in [-0.2, -0.15) is 13.9 Å². The Morgan fingerprint density at radius 3 is 1.94 bits per heavy atom. The fourth-order valence-corrected chi connectivity index (χ4v) is 3.36. The molecule has 1 rings (SSSR count). The van der Waals surface area contributed by atoms with E-state index in [1.54, 1.807) is 0 Å². The van der Waals surface area contributed by atoms with Gasteiger partial charge in [0.15, 0.2) is 6.16 Å². The Hall–Kier alpha value is -0.670. The highest BCUT2D eigenvalue weighted by molar-refractivity contribution is 7.59. The molecule has 0 spiro atoms. The first-order valence-electron chi connectivity index (χ1n) is 6.25. The van der Waals surface area contributed by atoms with E-state index in [0.29, 0.717) is 26.0 Å². The van der Waals surface area contributed by atoms with Crippen molar-refractivity contribution < 1.29 is 18.7 Å². The molecule has 4 nitrogen and oxygen atoms in total. The molecule has 1 aromatic carbocycles. The minimum absolute atomic E-state index is 0.404. The zero-order chi connectivity index (χ0) is 13.4. The molecule has 1 N–H and O–H groups in total. The standard InChI is InChI=1S/C13H22O4P/c1-4-15-13-9-7-12(8-10-13)11-18(14,16-5-2)17-6-3/h7-10,14H,4-6,11H2,1-3H3/q+1. The van der Waals surface area contributed by atoms with Gasteiger partial charge in [-0.25, -0.2) is 0 Å². The molecule has 0 atom stereocenters. The molecule has 0 aliphatic carbocycles. The number of benzene rings is 1. The van der Waals surface area contributed by atoms with Crippen molar-refractivity contribution in [3.63, 3.8) is 0 Å². The lowest BCUT2D eigenvalue weighted by atomic mass is 10.2. The Balaban J connectivity index is 2.68. The van der Waals surface area contributed by atoms with Crippen LogP contribution < -0.4 is 4.74 Å². The first-order chi connectivity index (χ1) is 8.63. The Bertz CT molecular complexity index is 333. The molecule has 1 aromatic rings. The molecule has 18 heavy (non-hydrogen) atoms. The molecular formula is C13H22O4P+. The van der Waals surface area contributed by atoms with Gasteiger partial charge in [-0.15, -0.1) is 0 Å². The fraction of sp³-hybridized carbons (Fsp3) is 0.538. The molecule has 0 aliphatic heterocycles. The van der Waals surface area contributed by atoms with Gasteiger partial charge in [0.2, 0.25) is 0 Å². The minimum atomic E-state index is -2.76. The summed E-state index contributed by atoms with van der Waals surface area (Å²) in [5, 5.41) is 0. The van der Waals surface area contributed by atoms with Crippen molar-refractivity contribution in [3.05, 3.63) is 29.8 Å². The van der Waals surface area contributed by atoms with E-state index in [4.69, 9.17) is 13.8 Å². The zero-order valence-electron chi connectivity index (χ0n) is 11.3. The highest BCUT2D eigenvalue weighted by atomic mass is 31.2. The van der Waals surface area contributed by atoms with E-state index in [0.717, 1.165) is 11.3 Å². The Morgan fingerprint density at radius 1 is 0.944 bits per heavy atom. The van der Waals surface area contributed by atoms with Gasteiger partial charge in [0.05, 0.1) is 19.8 Å². The van der Waals surface area contributed by atoms with E-state index in [9.17, 15) is 4.89 Å². The summed E-state index contributed by atoms with van der Waals surface area (Å²) in [5.41, 5.74) is 0.983. The zero-order valence-corrected chi connectivity index (χ0v) is 12.2. The van der Waals surface area contributed by atoms with E-state index in [-0.39, 0.29) is 0 Å². The van der Waals surface area contributed by atoms with Crippen molar-refractivity contribution in [2.75, 3.05) is 19.8 Å². The SMILES string of the molecule is CCOc1ccc(C[P+](O)(OCC)OCC)cc1. The van der Waals surface area contributed by atoms with Crippen molar-refractivity contribution in [1.29, 1.82) is 0 Å². The lowest BCUT2D eigenvalue weighted by Crippen LogP contribution is -2.05. The molecule has 0 bridgehead atoms. The van der Waals surface area contributed by atoms with Gasteiger partial charge in [-0.3, -0.25) is 0 Å². The average molecular weight is 273 g/mol. The van der Waals surface area contributed by atoms with Gasteiger partial charge in [0, 0.05) is 0 Å². The highest BCUT2D eigenvalue weighted by Crippen LogP contribution is 2.59. The smallest absolute Gasteiger partial charge is 0.413 e. The molecule has 0 amide bonds. The lowest BCUT2D eigenvalue weighted by molar-refractivity contribution is 0.188. The van der Waals surface area contributed by atoms with Crippen LogP contribution in [0.3, 0.4) is 0 Å². The molecule has 0 radical (unpaired) electrons. The molecular weight excluding hydrogens is 251 g/mol. The van der Waals surface area contributed by atoms with Gasteiger partial charge in [0.25, 0.3) is 0 Å². The first kappa shape index (κ1) is 15.4. The lowest BCUT2D eigenvalue weighted by Gasteiger charge is -2.16. The third kappa shape index (κ3) is 4.91. The van der Waals surface area contributed by atoms with E-state index in [2.05, 4.69) is 0 Å². The van der Waals surface area contributed by atoms with Crippen LogP contribution in [0.4, 0.5) is 0 Å². The Labute approximate surface area is 109 Å². The van der Waals surface area contributed by atoms with Gasteiger partial charge in [-0.05, 0) is 38.5 Å². The van der Waals surface area contributed by atoms with Crippen LogP contribution in [-0.2, 0) is 15.2 Å². The molecule has 0 fully saturated rings. The van der Waals surface area contributed by atoms with Crippen molar-refractivity contribution in [1.82, 2.24) is 0 Å². The van der Waals surface area contributed by atoms with Crippen LogP contribution in [0.25, 0.3) is 0 Å². The Morgan fingerprint density at radius 2 is 1.50 bits per heavy atom. The molecule has 0 saturated heterocycles. The maximum absolute atomic E-state index is 10.3. The van der Waals surface area contributed by atoms with Crippen LogP contribution in [0.1, 0.15) is 26.3 Å². The summed E-state index contributed by atoms with van der Waals surface area (Å²) in [4.78, 5) is 10.3. The van der Waals surface area contributed by atoms with Crippen molar-refractivity contribution in [2.24, 2.45) is 0 Å². The summed E-state index contributed by atoms with van der Waals surface area (Å²) < 4.78 is 16.1. The summed E-state index contributed by atoms with van der Waals surface area (Å²) in [7, 11) is -2.76. The molecule has 0 heterocycles. The van der Waals surface area contributed by atoms with E-state index in [1.165, 1.54) is 0 Å². The highest BCUT2D eigenvalue weighted by Gasteiger charge is 2.39. The van der Waals surface area contributed by atoms with Gasteiger partial charge in [-0.1, -0.05) is 12.1 Å². The van der Waals surface area contributed by atoms with Crippen LogP contribution in [-0.4, -0.2) is 24.7 Å². The quantitative estimate of drug-likeness (QED) is 0.737. The molecule has 0 aromatic heterocycles. The van der Waals surface area contributed by atoms with Crippen LogP contribution in [0.5, 0.6) is 5.75 Å². The normalized spacial score (nSPS) is 11.6. The first-order valence-corrected chi connectivity index (χ1v) is 8.01. The summed E-state index contributed by atoms with van der Waals surface area (Å²) in [6, 6.07) is 7.63. The predicted octanol–water partition coefficient (Wildman–Crippen LogP) is 3.41. The number of hydrogen-bond acceptors (Lipinski definition) is 4. The second-order valence-corrected chi connectivity index (χ2v) is 5.82. The fourth-order valence-electron chi connectivity index (χ4n) is 1.62. The minimum Gasteiger partial charge on any atom is -0.494 e. The van der Waals surface area contributed by atoms with Crippen molar-refractivity contribution in [2.45, 2.75) is 26.9 Å². The third-order valence-corrected chi connectivity index (χ3v) is 4.37. The molecule has 102 valence electrons. The van der Waals surface area contributed by atoms with Crippen molar-refractivity contribution >= 4 is 7.94 Å². The van der Waals surface area contributed by atoms with Crippen LogP contribution in [0.2, 0.25) is 0 Å². The summed E-state index contributed by atoms with van der Waals surface area (Å²) in [6.45, 7) is 7.18. The molecule has 0 saturated carbocycles.